The highest BCUT2D eigenvalue weighted by Gasteiger charge is 2.27. The molecule has 14 heavy (non-hydrogen) atoms. The van der Waals surface area contributed by atoms with Crippen LogP contribution < -0.4 is 0 Å². The quantitative estimate of drug-likeness (QED) is 0.722. The second-order valence-electron chi connectivity index (χ2n) is 3.83. The van der Waals surface area contributed by atoms with Gasteiger partial charge in [-0.3, -0.25) is 0 Å². The summed E-state index contributed by atoms with van der Waals surface area (Å²) in [6.45, 7) is 2.15. The molecular formula is C11H13N3. The number of hydrogen-bond donors (Lipinski definition) is 0. The molecule has 0 amide bonds. The number of imidazole rings is 1. The van der Waals surface area contributed by atoms with E-state index in [1.807, 2.05) is 18.3 Å². The van der Waals surface area contributed by atoms with Crippen molar-refractivity contribution in [2.45, 2.75) is 32.2 Å². The lowest BCUT2D eigenvalue weighted by Crippen LogP contribution is -2.00. The van der Waals surface area contributed by atoms with Crippen LogP contribution in [-0.2, 0) is 6.42 Å². The average molecular weight is 187 g/mol. The summed E-state index contributed by atoms with van der Waals surface area (Å²) in [5.74, 6) is 1.18. The molecule has 72 valence electrons. The molecule has 0 saturated heterocycles. The Morgan fingerprint density at radius 1 is 1.50 bits per heavy atom. The highest BCUT2D eigenvalue weighted by Crippen LogP contribution is 2.38. The maximum Gasteiger partial charge on any atom is 0.160 e. The van der Waals surface area contributed by atoms with Crippen LogP contribution in [0, 0.1) is 0 Å². The first-order valence-electron chi connectivity index (χ1n) is 5.22. The zero-order chi connectivity index (χ0) is 9.54. The van der Waals surface area contributed by atoms with Crippen LogP contribution in [0.3, 0.4) is 0 Å². The molecule has 3 heteroatoms. The van der Waals surface area contributed by atoms with E-state index in [0.717, 1.165) is 17.6 Å². The first kappa shape index (κ1) is 7.97. The van der Waals surface area contributed by atoms with E-state index in [1.54, 1.807) is 0 Å². The van der Waals surface area contributed by atoms with Crippen molar-refractivity contribution in [2.24, 2.45) is 0 Å². The van der Waals surface area contributed by atoms with Crippen molar-refractivity contribution >= 4 is 11.2 Å². The van der Waals surface area contributed by atoms with Crippen LogP contribution in [-0.4, -0.2) is 14.5 Å². The summed E-state index contributed by atoms with van der Waals surface area (Å²) >= 11 is 0. The molecule has 1 aliphatic rings. The van der Waals surface area contributed by atoms with Gasteiger partial charge in [-0.05, 0) is 25.0 Å². The van der Waals surface area contributed by atoms with Gasteiger partial charge in [-0.25, -0.2) is 9.97 Å². The second kappa shape index (κ2) is 2.80. The minimum Gasteiger partial charge on any atom is -0.310 e. The SMILES string of the molecule is CCc1nc2cccnc2n1C1CC1. The Morgan fingerprint density at radius 2 is 2.36 bits per heavy atom. The molecule has 3 nitrogen and oxygen atoms in total. The van der Waals surface area contributed by atoms with Crippen molar-refractivity contribution < 1.29 is 0 Å². The summed E-state index contributed by atoms with van der Waals surface area (Å²) in [4.78, 5) is 9.00. The zero-order valence-electron chi connectivity index (χ0n) is 8.27. The Hall–Kier alpha value is -1.38. The van der Waals surface area contributed by atoms with E-state index in [2.05, 4.69) is 21.5 Å². The van der Waals surface area contributed by atoms with Crippen LogP contribution in [0.4, 0.5) is 0 Å². The maximum atomic E-state index is 4.59. The maximum absolute atomic E-state index is 4.59. The molecule has 0 aromatic carbocycles. The van der Waals surface area contributed by atoms with E-state index in [-0.39, 0.29) is 0 Å². The van der Waals surface area contributed by atoms with Gasteiger partial charge in [0.25, 0.3) is 0 Å². The van der Waals surface area contributed by atoms with Gasteiger partial charge in [0.2, 0.25) is 0 Å². The number of aryl methyl sites for hydroxylation is 1. The van der Waals surface area contributed by atoms with E-state index in [9.17, 15) is 0 Å². The largest absolute Gasteiger partial charge is 0.310 e. The predicted octanol–water partition coefficient (Wildman–Crippen LogP) is 2.33. The lowest BCUT2D eigenvalue weighted by atomic mass is 10.4. The third kappa shape index (κ3) is 1.05. The van der Waals surface area contributed by atoms with E-state index in [1.165, 1.54) is 18.7 Å². The third-order valence-corrected chi connectivity index (χ3v) is 2.75. The minimum absolute atomic E-state index is 0.671. The van der Waals surface area contributed by atoms with Gasteiger partial charge < -0.3 is 4.57 Å². The molecule has 0 unspecified atom stereocenters. The predicted molar refractivity (Wildman–Crippen MR) is 55.2 cm³/mol. The third-order valence-electron chi connectivity index (χ3n) is 2.75. The van der Waals surface area contributed by atoms with E-state index in [0.29, 0.717) is 6.04 Å². The van der Waals surface area contributed by atoms with Crippen molar-refractivity contribution in [3.05, 3.63) is 24.2 Å². The van der Waals surface area contributed by atoms with Crippen LogP contribution in [0.1, 0.15) is 31.6 Å². The number of fused-ring (bicyclic) bond motifs is 1. The van der Waals surface area contributed by atoms with Gasteiger partial charge in [0.15, 0.2) is 5.65 Å². The van der Waals surface area contributed by atoms with Gasteiger partial charge in [-0.15, -0.1) is 0 Å². The molecular weight excluding hydrogens is 174 g/mol. The minimum atomic E-state index is 0.671. The highest BCUT2D eigenvalue weighted by molar-refractivity contribution is 5.71. The zero-order valence-corrected chi connectivity index (χ0v) is 8.27. The van der Waals surface area contributed by atoms with E-state index in [4.69, 9.17) is 0 Å². The molecule has 3 rings (SSSR count). The summed E-state index contributed by atoms with van der Waals surface area (Å²) in [5, 5.41) is 0. The van der Waals surface area contributed by atoms with Gasteiger partial charge in [0.05, 0.1) is 0 Å². The molecule has 0 aliphatic heterocycles. The highest BCUT2D eigenvalue weighted by atomic mass is 15.2. The average Bonchev–Trinajstić information content (AvgIpc) is 2.98. The van der Waals surface area contributed by atoms with E-state index >= 15 is 0 Å². The fourth-order valence-electron chi connectivity index (χ4n) is 1.94. The molecule has 2 aromatic heterocycles. The Labute approximate surface area is 82.8 Å². The van der Waals surface area contributed by atoms with Crippen LogP contribution in [0.15, 0.2) is 18.3 Å². The number of aromatic nitrogens is 3. The first-order valence-corrected chi connectivity index (χ1v) is 5.22. The summed E-state index contributed by atoms with van der Waals surface area (Å²) in [6.07, 6.45) is 5.42. The van der Waals surface area contributed by atoms with Crippen LogP contribution in [0.2, 0.25) is 0 Å². The summed E-state index contributed by atoms with van der Waals surface area (Å²) in [6, 6.07) is 4.66. The van der Waals surface area contributed by atoms with Crippen molar-refractivity contribution in [3.63, 3.8) is 0 Å². The van der Waals surface area contributed by atoms with Gasteiger partial charge >= 0.3 is 0 Å². The topological polar surface area (TPSA) is 30.7 Å². The molecule has 2 aromatic rings. The van der Waals surface area contributed by atoms with Crippen molar-refractivity contribution in [2.75, 3.05) is 0 Å². The fourth-order valence-corrected chi connectivity index (χ4v) is 1.94. The number of pyridine rings is 1. The molecule has 1 aliphatic carbocycles. The van der Waals surface area contributed by atoms with Gasteiger partial charge in [-0.2, -0.15) is 0 Å². The molecule has 1 saturated carbocycles. The Kier molecular flexibility index (Phi) is 1.60. The number of nitrogens with zero attached hydrogens (tertiary/aromatic N) is 3. The van der Waals surface area contributed by atoms with Gasteiger partial charge in [0, 0.05) is 18.7 Å². The normalized spacial score (nSPS) is 16.4. The second-order valence-corrected chi connectivity index (χ2v) is 3.83. The van der Waals surface area contributed by atoms with E-state index < -0.39 is 0 Å². The molecule has 0 bridgehead atoms. The fraction of sp³-hybridized carbons (Fsp3) is 0.455. The number of hydrogen-bond acceptors (Lipinski definition) is 2. The molecule has 0 atom stereocenters. The molecule has 2 heterocycles. The summed E-state index contributed by atoms with van der Waals surface area (Å²) < 4.78 is 2.31. The summed E-state index contributed by atoms with van der Waals surface area (Å²) in [5.41, 5.74) is 2.10. The molecule has 0 spiro atoms. The lowest BCUT2D eigenvalue weighted by molar-refractivity contribution is 0.702. The Bertz CT molecular complexity index is 468. The van der Waals surface area contributed by atoms with Crippen molar-refractivity contribution in [3.8, 4) is 0 Å². The lowest BCUT2D eigenvalue weighted by Gasteiger charge is -2.03. The molecule has 1 fully saturated rings. The monoisotopic (exact) mass is 187 g/mol. The van der Waals surface area contributed by atoms with Crippen LogP contribution >= 0.6 is 0 Å². The smallest absolute Gasteiger partial charge is 0.160 e. The first-order chi connectivity index (χ1) is 6.90. The van der Waals surface area contributed by atoms with Crippen LogP contribution in [0.5, 0.6) is 0 Å². The van der Waals surface area contributed by atoms with Gasteiger partial charge in [0.1, 0.15) is 11.3 Å². The molecule has 0 N–H and O–H groups in total. The Morgan fingerprint density at radius 3 is 3.07 bits per heavy atom. The van der Waals surface area contributed by atoms with Gasteiger partial charge in [-0.1, -0.05) is 6.92 Å². The Balaban J connectivity index is 2.29. The standard InChI is InChI=1S/C11H13N3/c1-2-10-13-9-4-3-7-12-11(9)14(10)8-5-6-8/h3-4,7-8H,2,5-6H2,1H3. The van der Waals surface area contributed by atoms with Crippen LogP contribution in [0.25, 0.3) is 11.2 Å². The number of rotatable bonds is 2. The molecule has 0 radical (unpaired) electrons. The van der Waals surface area contributed by atoms with Crippen molar-refractivity contribution in [1.29, 1.82) is 0 Å². The van der Waals surface area contributed by atoms with Crippen molar-refractivity contribution in [1.82, 2.24) is 14.5 Å². The summed E-state index contributed by atoms with van der Waals surface area (Å²) in [7, 11) is 0.